The van der Waals surface area contributed by atoms with Crippen LogP contribution in [-0.4, -0.2) is 30.0 Å². The van der Waals surface area contributed by atoms with Crippen molar-refractivity contribution in [2.45, 2.75) is 0 Å². The van der Waals surface area contributed by atoms with E-state index < -0.39 is 0 Å². The van der Waals surface area contributed by atoms with Crippen LogP contribution in [0.4, 0.5) is 0 Å². The lowest BCUT2D eigenvalue weighted by molar-refractivity contribution is 0.103. The normalized spacial score (nSPS) is 9.89. The number of pyridine rings is 2. The highest BCUT2D eigenvalue weighted by Crippen LogP contribution is 2.17. The van der Waals surface area contributed by atoms with Crippen molar-refractivity contribution in [1.82, 2.24) is 9.97 Å². The summed E-state index contributed by atoms with van der Waals surface area (Å²) in [6.45, 7) is 0. The van der Waals surface area contributed by atoms with Gasteiger partial charge in [-0.1, -0.05) is 0 Å². The zero-order valence-electron chi connectivity index (χ0n) is 10.1. The number of hydrogen-bond donors (Lipinski definition) is 0. The summed E-state index contributed by atoms with van der Waals surface area (Å²) < 4.78 is 10.1. The van der Waals surface area contributed by atoms with Crippen LogP contribution in [0.2, 0.25) is 0 Å². The second kappa shape index (κ2) is 5.27. The average Bonchev–Trinajstić information content (AvgIpc) is 2.46. The van der Waals surface area contributed by atoms with Gasteiger partial charge in [0.25, 0.3) is 0 Å². The Bertz CT molecular complexity index is 520. The lowest BCUT2D eigenvalue weighted by atomic mass is 10.1. The molecule has 0 radical (unpaired) electrons. The number of carbonyl (C=O) groups excluding carboxylic acids is 1. The molecule has 0 unspecified atom stereocenters. The summed E-state index contributed by atoms with van der Waals surface area (Å²) in [5.41, 5.74) is 0.897. The van der Waals surface area contributed by atoms with Crippen molar-refractivity contribution < 1.29 is 14.3 Å². The van der Waals surface area contributed by atoms with Crippen LogP contribution < -0.4 is 9.47 Å². The lowest BCUT2D eigenvalue weighted by Gasteiger charge is -2.04. The Labute approximate surface area is 104 Å². The molecule has 92 valence electrons. The molecular formula is C13H12N2O3. The third-order valence-electron chi connectivity index (χ3n) is 2.42. The molecule has 0 saturated heterocycles. The third kappa shape index (κ3) is 2.45. The molecule has 0 bridgehead atoms. The van der Waals surface area contributed by atoms with E-state index in [0.29, 0.717) is 22.6 Å². The Morgan fingerprint density at radius 3 is 1.72 bits per heavy atom. The molecule has 2 rings (SSSR count). The minimum atomic E-state index is -0.173. The van der Waals surface area contributed by atoms with Crippen LogP contribution in [0.5, 0.6) is 11.5 Å². The van der Waals surface area contributed by atoms with E-state index in [1.54, 1.807) is 24.5 Å². The highest BCUT2D eigenvalue weighted by Gasteiger charge is 2.11. The average molecular weight is 244 g/mol. The van der Waals surface area contributed by atoms with Gasteiger partial charge in [-0.3, -0.25) is 14.8 Å². The molecule has 0 atom stereocenters. The zero-order chi connectivity index (χ0) is 13.0. The first-order valence-electron chi connectivity index (χ1n) is 5.27. The van der Waals surface area contributed by atoms with Crippen molar-refractivity contribution in [1.29, 1.82) is 0 Å². The van der Waals surface area contributed by atoms with Gasteiger partial charge in [-0.25, -0.2) is 0 Å². The first-order chi connectivity index (χ1) is 8.74. The van der Waals surface area contributed by atoms with Crippen LogP contribution in [0.1, 0.15) is 15.9 Å². The van der Waals surface area contributed by atoms with Crippen molar-refractivity contribution >= 4 is 5.78 Å². The Kier molecular flexibility index (Phi) is 3.52. The summed E-state index contributed by atoms with van der Waals surface area (Å²) in [7, 11) is 3.05. The maximum absolute atomic E-state index is 12.2. The topological polar surface area (TPSA) is 61.3 Å². The van der Waals surface area contributed by atoms with Crippen molar-refractivity contribution in [3.05, 3.63) is 48.0 Å². The van der Waals surface area contributed by atoms with E-state index >= 15 is 0 Å². The van der Waals surface area contributed by atoms with E-state index in [2.05, 4.69) is 9.97 Å². The van der Waals surface area contributed by atoms with E-state index in [1.165, 1.54) is 26.6 Å². The first kappa shape index (κ1) is 12.0. The summed E-state index contributed by atoms with van der Waals surface area (Å²) in [5, 5.41) is 0. The van der Waals surface area contributed by atoms with Gasteiger partial charge in [-0.2, -0.15) is 0 Å². The number of rotatable bonds is 4. The Morgan fingerprint density at radius 1 is 0.889 bits per heavy atom. The number of ketones is 1. The maximum atomic E-state index is 12.2. The monoisotopic (exact) mass is 244 g/mol. The van der Waals surface area contributed by atoms with Crippen LogP contribution in [0.3, 0.4) is 0 Å². The molecule has 2 heterocycles. The first-order valence-corrected chi connectivity index (χ1v) is 5.27. The fourth-order valence-corrected chi connectivity index (χ4v) is 1.48. The number of carbonyl (C=O) groups is 1. The largest absolute Gasteiger partial charge is 0.495 e. The number of hydrogen-bond acceptors (Lipinski definition) is 5. The van der Waals surface area contributed by atoms with E-state index in [0.717, 1.165) is 0 Å². The number of aromatic nitrogens is 2. The molecule has 2 aromatic rings. The number of methoxy groups -OCH3 is 2. The van der Waals surface area contributed by atoms with Crippen LogP contribution in [-0.2, 0) is 0 Å². The van der Waals surface area contributed by atoms with E-state index in [1.807, 2.05) is 0 Å². The summed E-state index contributed by atoms with van der Waals surface area (Å²) in [5.74, 6) is 0.904. The molecular weight excluding hydrogens is 232 g/mol. The van der Waals surface area contributed by atoms with Crippen LogP contribution >= 0.6 is 0 Å². The van der Waals surface area contributed by atoms with Crippen molar-refractivity contribution in [2.24, 2.45) is 0 Å². The molecule has 0 N–H and O–H groups in total. The third-order valence-corrected chi connectivity index (χ3v) is 2.42. The van der Waals surface area contributed by atoms with Gasteiger partial charge in [-0.15, -0.1) is 0 Å². The molecule has 0 aromatic carbocycles. The predicted molar refractivity (Wildman–Crippen MR) is 65.0 cm³/mol. The maximum Gasteiger partial charge on any atom is 0.196 e. The molecule has 5 heteroatoms. The number of nitrogens with zero attached hydrogens (tertiary/aromatic N) is 2. The van der Waals surface area contributed by atoms with Gasteiger partial charge >= 0.3 is 0 Å². The molecule has 18 heavy (non-hydrogen) atoms. The molecule has 0 spiro atoms. The van der Waals surface area contributed by atoms with E-state index in [-0.39, 0.29) is 5.78 Å². The molecule has 5 nitrogen and oxygen atoms in total. The quantitative estimate of drug-likeness (QED) is 0.766. The minimum absolute atomic E-state index is 0.173. The standard InChI is InChI=1S/C13H12N2O3/c1-17-11-3-9(5-14-7-11)13(16)10-4-12(18-2)8-15-6-10/h3-8H,1-2H3. The molecule has 0 amide bonds. The highest BCUT2D eigenvalue weighted by atomic mass is 16.5. The summed E-state index contributed by atoms with van der Waals surface area (Å²) >= 11 is 0. The van der Waals surface area contributed by atoms with Crippen LogP contribution in [0, 0.1) is 0 Å². The molecule has 0 aliphatic carbocycles. The highest BCUT2D eigenvalue weighted by molar-refractivity contribution is 6.08. The van der Waals surface area contributed by atoms with Crippen molar-refractivity contribution in [3.8, 4) is 11.5 Å². The van der Waals surface area contributed by atoms with E-state index in [9.17, 15) is 4.79 Å². The minimum Gasteiger partial charge on any atom is -0.495 e. The smallest absolute Gasteiger partial charge is 0.196 e. The molecule has 0 aliphatic heterocycles. The van der Waals surface area contributed by atoms with Gasteiger partial charge in [0.2, 0.25) is 0 Å². The predicted octanol–water partition coefficient (Wildman–Crippen LogP) is 1.72. The Hall–Kier alpha value is -2.43. The van der Waals surface area contributed by atoms with Gasteiger partial charge in [0.05, 0.1) is 26.6 Å². The van der Waals surface area contributed by atoms with Gasteiger partial charge in [0.15, 0.2) is 5.78 Å². The van der Waals surface area contributed by atoms with Crippen molar-refractivity contribution in [2.75, 3.05) is 14.2 Å². The van der Waals surface area contributed by atoms with Crippen molar-refractivity contribution in [3.63, 3.8) is 0 Å². The van der Waals surface area contributed by atoms with Crippen LogP contribution in [0.15, 0.2) is 36.9 Å². The van der Waals surface area contributed by atoms with E-state index in [4.69, 9.17) is 9.47 Å². The second-order valence-corrected chi connectivity index (χ2v) is 3.56. The number of ether oxygens (including phenoxy) is 2. The molecule has 2 aromatic heterocycles. The summed E-state index contributed by atoms with van der Waals surface area (Å²) in [6, 6.07) is 3.27. The fraction of sp³-hybridized carbons (Fsp3) is 0.154. The molecule has 0 fully saturated rings. The summed E-state index contributed by atoms with van der Waals surface area (Å²) in [6.07, 6.45) is 6.07. The van der Waals surface area contributed by atoms with Gasteiger partial charge in [0.1, 0.15) is 11.5 Å². The SMILES string of the molecule is COc1cncc(C(=O)c2cncc(OC)c2)c1. The Morgan fingerprint density at radius 2 is 1.33 bits per heavy atom. The fourth-order valence-electron chi connectivity index (χ4n) is 1.48. The van der Waals surface area contributed by atoms with Gasteiger partial charge in [0, 0.05) is 23.5 Å². The van der Waals surface area contributed by atoms with Gasteiger partial charge < -0.3 is 9.47 Å². The van der Waals surface area contributed by atoms with Crippen LogP contribution in [0.25, 0.3) is 0 Å². The summed E-state index contributed by atoms with van der Waals surface area (Å²) in [4.78, 5) is 20.1. The lowest BCUT2D eigenvalue weighted by Crippen LogP contribution is -2.03. The second-order valence-electron chi connectivity index (χ2n) is 3.56. The zero-order valence-corrected chi connectivity index (χ0v) is 10.1. The Balaban J connectivity index is 2.34. The van der Waals surface area contributed by atoms with Gasteiger partial charge in [-0.05, 0) is 12.1 Å². The molecule has 0 saturated carbocycles. The molecule has 0 aliphatic rings.